The second-order valence-corrected chi connectivity index (χ2v) is 6.00. The van der Waals surface area contributed by atoms with Crippen LogP contribution in [0.25, 0.3) is 0 Å². The summed E-state index contributed by atoms with van der Waals surface area (Å²) in [6, 6.07) is 1.05. The van der Waals surface area contributed by atoms with Crippen molar-refractivity contribution in [1.29, 1.82) is 0 Å². The first-order valence-electron chi connectivity index (χ1n) is 4.47. The van der Waals surface area contributed by atoms with E-state index in [4.69, 9.17) is 27.9 Å². The van der Waals surface area contributed by atoms with Gasteiger partial charge in [-0.3, -0.25) is 0 Å². The maximum Gasteiger partial charge on any atom is 0.330 e. The van der Waals surface area contributed by atoms with Crippen molar-refractivity contribution in [3.05, 3.63) is 12.7 Å². The lowest BCUT2D eigenvalue weighted by molar-refractivity contribution is -0.137. The normalized spacial score (nSPS) is 10.2. The molecule has 0 aliphatic heterocycles. The summed E-state index contributed by atoms with van der Waals surface area (Å²) in [6.45, 7) is 3.78. The van der Waals surface area contributed by atoms with Gasteiger partial charge in [-0.1, -0.05) is 25.5 Å². The highest BCUT2D eigenvalue weighted by Gasteiger charge is 2.00. The van der Waals surface area contributed by atoms with Gasteiger partial charge >= 0.3 is 5.97 Å². The van der Waals surface area contributed by atoms with Crippen LogP contribution in [0, 0.1) is 0 Å². The zero-order chi connectivity index (χ0) is 10.8. The Bertz CT molecular complexity index is 174. The number of halogens is 2. The molecule has 0 aliphatic carbocycles. The summed E-state index contributed by atoms with van der Waals surface area (Å²) in [5.74, 6) is -0.353. The number of hydrogen-bond acceptors (Lipinski definition) is 2. The van der Waals surface area contributed by atoms with Crippen LogP contribution in [0.3, 0.4) is 0 Å². The number of hydrogen-bond donors (Lipinski definition) is 0. The van der Waals surface area contributed by atoms with Gasteiger partial charge in [-0.25, -0.2) is 4.79 Å². The van der Waals surface area contributed by atoms with E-state index >= 15 is 0 Å². The van der Waals surface area contributed by atoms with Gasteiger partial charge in [0.15, 0.2) is 0 Å². The molecule has 2 nitrogen and oxygen atoms in total. The van der Waals surface area contributed by atoms with E-state index in [2.05, 4.69) is 6.58 Å². The lowest BCUT2D eigenvalue weighted by Crippen LogP contribution is -2.03. The van der Waals surface area contributed by atoms with Crippen LogP contribution >= 0.6 is 23.2 Å². The van der Waals surface area contributed by atoms with E-state index in [-0.39, 0.29) is 10.4 Å². The molecule has 0 N–H and O–H groups in total. The molecule has 14 heavy (non-hydrogen) atoms. The van der Waals surface area contributed by atoms with E-state index in [9.17, 15) is 4.79 Å². The minimum atomic E-state index is -0.353. The lowest BCUT2D eigenvalue weighted by atomic mass is 10.3. The molecule has 0 fully saturated rings. The number of carbonyl (C=O) groups is 1. The number of rotatable bonds is 8. The maximum atomic E-state index is 10.6. The molecule has 0 aromatic rings. The van der Waals surface area contributed by atoms with Crippen molar-refractivity contribution in [2.24, 2.45) is 0 Å². The molecule has 0 saturated carbocycles. The second kappa shape index (κ2) is 9.56. The molecule has 5 heteroatoms. The van der Waals surface area contributed by atoms with Crippen LogP contribution in [0.5, 0.6) is 0 Å². The van der Waals surface area contributed by atoms with Crippen LogP contribution in [-0.4, -0.2) is 26.6 Å². The van der Waals surface area contributed by atoms with Crippen LogP contribution in [0.4, 0.5) is 0 Å². The molecule has 0 aliphatic rings. The van der Waals surface area contributed by atoms with E-state index in [1.807, 2.05) is 0 Å². The molecular formula is C9H14Cl2O2Si. The van der Waals surface area contributed by atoms with Crippen LogP contribution in [0.2, 0.25) is 6.04 Å². The second-order valence-electron chi connectivity index (χ2n) is 2.69. The standard InChI is InChI=1S/C9H14Cl2O2Si/c1-2-8(12)13-6-4-3-5-7-14-9(10)11/h2,9H,1,3-7H2. The maximum absolute atomic E-state index is 10.6. The smallest absolute Gasteiger partial charge is 0.330 e. The van der Waals surface area contributed by atoms with E-state index in [1.165, 1.54) is 6.08 Å². The SMILES string of the molecule is C=CC(=O)OCCCCC[Si]C(Cl)Cl. The Morgan fingerprint density at radius 1 is 1.43 bits per heavy atom. The van der Waals surface area contributed by atoms with E-state index in [0.29, 0.717) is 16.1 Å². The topological polar surface area (TPSA) is 26.3 Å². The van der Waals surface area contributed by atoms with Crippen molar-refractivity contribution in [2.75, 3.05) is 6.61 Å². The third kappa shape index (κ3) is 10.1. The third-order valence-electron chi connectivity index (χ3n) is 1.53. The van der Waals surface area contributed by atoms with Crippen LogP contribution < -0.4 is 0 Å². The van der Waals surface area contributed by atoms with Crippen LogP contribution in [-0.2, 0) is 9.53 Å². The summed E-state index contributed by atoms with van der Waals surface area (Å²) in [5, 5.41) is 0. The number of carbonyl (C=O) groups excluding carboxylic acids is 1. The summed E-state index contributed by atoms with van der Waals surface area (Å²) >= 11 is 11.2. The average Bonchev–Trinajstić information content (AvgIpc) is 2.15. The molecule has 0 bridgehead atoms. The van der Waals surface area contributed by atoms with E-state index in [0.717, 1.165) is 25.3 Å². The molecule has 0 unspecified atom stereocenters. The Kier molecular flexibility index (Phi) is 9.56. The summed E-state index contributed by atoms with van der Waals surface area (Å²) < 4.78 is 4.58. The summed E-state index contributed by atoms with van der Waals surface area (Å²) in [7, 11) is 0.603. The monoisotopic (exact) mass is 252 g/mol. The lowest BCUT2D eigenvalue weighted by Gasteiger charge is -2.02. The van der Waals surface area contributed by atoms with E-state index in [1.54, 1.807) is 0 Å². The quantitative estimate of drug-likeness (QED) is 0.218. The highest BCUT2D eigenvalue weighted by molar-refractivity contribution is 6.68. The van der Waals surface area contributed by atoms with Crippen molar-refractivity contribution in [2.45, 2.75) is 29.8 Å². The molecule has 0 rings (SSSR count). The van der Waals surface area contributed by atoms with Gasteiger partial charge in [-0.05, 0) is 6.42 Å². The Hall–Kier alpha value is 0.00688. The van der Waals surface area contributed by atoms with Gasteiger partial charge in [-0.15, -0.1) is 23.2 Å². The fourth-order valence-electron chi connectivity index (χ4n) is 0.847. The van der Waals surface area contributed by atoms with Gasteiger partial charge < -0.3 is 4.74 Å². The Morgan fingerprint density at radius 3 is 2.71 bits per heavy atom. The molecule has 80 valence electrons. The van der Waals surface area contributed by atoms with Gasteiger partial charge in [0.05, 0.1) is 20.6 Å². The Balaban J connectivity index is 3.06. The van der Waals surface area contributed by atoms with Gasteiger partial charge in [0.2, 0.25) is 0 Å². The highest BCUT2D eigenvalue weighted by Crippen LogP contribution is 2.06. The summed E-state index contributed by atoms with van der Waals surface area (Å²) in [5.41, 5.74) is 0. The number of ether oxygens (including phenoxy) is 1. The van der Waals surface area contributed by atoms with Gasteiger partial charge in [0.25, 0.3) is 0 Å². The fourth-order valence-corrected chi connectivity index (χ4v) is 2.17. The minimum Gasteiger partial charge on any atom is -0.463 e. The highest BCUT2D eigenvalue weighted by atomic mass is 35.5. The zero-order valence-electron chi connectivity index (χ0n) is 7.97. The molecule has 0 amide bonds. The fraction of sp³-hybridized carbons (Fsp3) is 0.667. The Labute approximate surface area is 97.4 Å². The largest absolute Gasteiger partial charge is 0.463 e. The minimum absolute atomic E-state index is 0.228. The first-order chi connectivity index (χ1) is 6.66. The first-order valence-corrected chi connectivity index (χ1v) is 6.63. The van der Waals surface area contributed by atoms with Crippen molar-refractivity contribution in [1.82, 2.24) is 0 Å². The summed E-state index contributed by atoms with van der Waals surface area (Å²) in [4.78, 5) is 10.6. The number of alkyl halides is 2. The molecular weight excluding hydrogens is 239 g/mol. The predicted octanol–water partition coefficient (Wildman–Crippen LogP) is 2.77. The predicted molar refractivity (Wildman–Crippen MR) is 61.1 cm³/mol. The van der Waals surface area contributed by atoms with Crippen molar-refractivity contribution >= 4 is 38.7 Å². The van der Waals surface area contributed by atoms with Crippen molar-refractivity contribution in [3.63, 3.8) is 0 Å². The van der Waals surface area contributed by atoms with Crippen molar-refractivity contribution < 1.29 is 9.53 Å². The number of unbranched alkanes of at least 4 members (excludes halogenated alkanes) is 2. The first kappa shape index (κ1) is 14.0. The summed E-state index contributed by atoms with van der Waals surface area (Å²) in [6.07, 6.45) is 4.18. The molecule has 0 heterocycles. The number of esters is 1. The van der Waals surface area contributed by atoms with E-state index < -0.39 is 0 Å². The molecule has 0 saturated heterocycles. The molecule has 0 aromatic heterocycles. The molecule has 2 radical (unpaired) electrons. The van der Waals surface area contributed by atoms with Crippen LogP contribution in [0.1, 0.15) is 19.3 Å². The third-order valence-corrected chi connectivity index (χ3v) is 3.41. The molecule has 0 spiro atoms. The molecule has 0 atom stereocenters. The molecule has 0 aromatic carbocycles. The average molecular weight is 253 g/mol. The zero-order valence-corrected chi connectivity index (χ0v) is 10.5. The van der Waals surface area contributed by atoms with Crippen LogP contribution in [0.15, 0.2) is 12.7 Å². The van der Waals surface area contributed by atoms with Gasteiger partial charge in [0.1, 0.15) is 0 Å². The van der Waals surface area contributed by atoms with Gasteiger partial charge in [-0.2, -0.15) is 0 Å². The van der Waals surface area contributed by atoms with Crippen molar-refractivity contribution in [3.8, 4) is 0 Å². The van der Waals surface area contributed by atoms with Gasteiger partial charge in [0, 0.05) is 6.08 Å². The Morgan fingerprint density at radius 2 is 2.14 bits per heavy atom.